The first-order valence-corrected chi connectivity index (χ1v) is 7.53. The molecule has 2 aromatic rings. The summed E-state index contributed by atoms with van der Waals surface area (Å²) in [7, 11) is 1.70. The molecule has 1 unspecified atom stereocenters. The highest BCUT2D eigenvalue weighted by Crippen LogP contribution is 2.24. The molecule has 0 bridgehead atoms. The summed E-state index contributed by atoms with van der Waals surface area (Å²) in [6.07, 6.45) is 0.290. The zero-order chi connectivity index (χ0) is 15.2. The number of rotatable bonds is 7. The molecule has 3 nitrogen and oxygen atoms in total. The van der Waals surface area contributed by atoms with Crippen LogP contribution < -0.4 is 10.1 Å². The van der Waals surface area contributed by atoms with Crippen molar-refractivity contribution < 1.29 is 9.47 Å². The van der Waals surface area contributed by atoms with E-state index in [-0.39, 0.29) is 6.10 Å². The number of hydrogen-bond donors (Lipinski definition) is 1. The Morgan fingerprint density at radius 1 is 1.00 bits per heavy atom. The summed E-state index contributed by atoms with van der Waals surface area (Å²) >= 11 is 0. The van der Waals surface area contributed by atoms with Crippen molar-refractivity contribution in [1.29, 1.82) is 0 Å². The van der Waals surface area contributed by atoms with Crippen molar-refractivity contribution in [3.63, 3.8) is 0 Å². The summed E-state index contributed by atoms with van der Waals surface area (Å²) in [4.78, 5) is 0. The Balaban J connectivity index is 2.01. The van der Waals surface area contributed by atoms with Crippen molar-refractivity contribution in [2.24, 2.45) is 0 Å². The maximum Gasteiger partial charge on any atom is 0.119 e. The van der Waals surface area contributed by atoms with Gasteiger partial charge < -0.3 is 14.8 Å². The molecule has 114 valence electrons. The molecule has 0 aromatic heterocycles. The van der Waals surface area contributed by atoms with E-state index in [1.807, 2.05) is 6.07 Å². The number of fused-ring (bicyclic) bond motifs is 1. The summed E-state index contributed by atoms with van der Waals surface area (Å²) < 4.78 is 10.8. The van der Waals surface area contributed by atoms with Crippen LogP contribution in [0.1, 0.15) is 32.4 Å². The SMILES string of the molecule is COc1ccc2cc(C(C)NCCOC(C)C)ccc2c1. The Kier molecular flexibility index (Phi) is 5.59. The maximum atomic E-state index is 5.55. The summed E-state index contributed by atoms with van der Waals surface area (Å²) in [5.74, 6) is 0.896. The van der Waals surface area contributed by atoms with E-state index in [2.05, 4.69) is 56.4 Å². The molecule has 0 fully saturated rings. The van der Waals surface area contributed by atoms with E-state index >= 15 is 0 Å². The smallest absolute Gasteiger partial charge is 0.119 e. The average molecular weight is 287 g/mol. The highest BCUT2D eigenvalue weighted by molar-refractivity contribution is 5.84. The lowest BCUT2D eigenvalue weighted by atomic mass is 10.0. The molecule has 3 heteroatoms. The van der Waals surface area contributed by atoms with Crippen LogP contribution in [0, 0.1) is 0 Å². The number of benzene rings is 2. The number of hydrogen-bond acceptors (Lipinski definition) is 3. The molecule has 2 rings (SSSR count). The second kappa shape index (κ2) is 7.43. The lowest BCUT2D eigenvalue weighted by molar-refractivity contribution is 0.0796. The van der Waals surface area contributed by atoms with Crippen molar-refractivity contribution in [2.75, 3.05) is 20.3 Å². The zero-order valence-electron chi connectivity index (χ0n) is 13.3. The molecule has 0 heterocycles. The van der Waals surface area contributed by atoms with E-state index in [4.69, 9.17) is 9.47 Å². The Morgan fingerprint density at radius 2 is 1.71 bits per heavy atom. The molecular formula is C18H25NO2. The van der Waals surface area contributed by atoms with E-state index in [9.17, 15) is 0 Å². The van der Waals surface area contributed by atoms with Crippen molar-refractivity contribution in [2.45, 2.75) is 32.9 Å². The van der Waals surface area contributed by atoms with Crippen LogP contribution in [0.4, 0.5) is 0 Å². The van der Waals surface area contributed by atoms with Crippen LogP contribution in [-0.2, 0) is 4.74 Å². The predicted molar refractivity (Wildman–Crippen MR) is 88.0 cm³/mol. The first kappa shape index (κ1) is 15.8. The van der Waals surface area contributed by atoms with Gasteiger partial charge in [0.25, 0.3) is 0 Å². The van der Waals surface area contributed by atoms with Gasteiger partial charge in [-0.05, 0) is 55.3 Å². The molecule has 1 N–H and O–H groups in total. The molecule has 1 atom stereocenters. The number of methoxy groups -OCH3 is 1. The van der Waals surface area contributed by atoms with Crippen molar-refractivity contribution >= 4 is 10.8 Å². The second-order valence-electron chi connectivity index (χ2n) is 5.57. The van der Waals surface area contributed by atoms with Gasteiger partial charge in [-0.15, -0.1) is 0 Å². The van der Waals surface area contributed by atoms with Crippen LogP contribution in [0.5, 0.6) is 5.75 Å². The van der Waals surface area contributed by atoms with Crippen LogP contribution >= 0.6 is 0 Å². The molecule has 0 aliphatic heterocycles. The van der Waals surface area contributed by atoms with E-state index in [1.54, 1.807) is 7.11 Å². The number of ether oxygens (including phenoxy) is 2. The standard InChI is InChI=1S/C18H25NO2/c1-13(2)21-10-9-19-14(3)15-5-6-17-12-18(20-4)8-7-16(17)11-15/h5-8,11-14,19H,9-10H2,1-4H3. The van der Waals surface area contributed by atoms with Gasteiger partial charge in [-0.25, -0.2) is 0 Å². The van der Waals surface area contributed by atoms with Crippen LogP contribution in [0.2, 0.25) is 0 Å². The minimum atomic E-state index is 0.290. The fourth-order valence-corrected chi connectivity index (χ4v) is 2.33. The van der Waals surface area contributed by atoms with Gasteiger partial charge in [-0.2, -0.15) is 0 Å². The van der Waals surface area contributed by atoms with E-state index in [0.717, 1.165) is 18.9 Å². The van der Waals surface area contributed by atoms with Crippen molar-refractivity contribution in [1.82, 2.24) is 5.32 Å². The van der Waals surface area contributed by atoms with Crippen LogP contribution in [0.3, 0.4) is 0 Å². The zero-order valence-corrected chi connectivity index (χ0v) is 13.3. The third-order valence-electron chi connectivity index (χ3n) is 3.58. The summed E-state index contributed by atoms with van der Waals surface area (Å²) in [6, 6.07) is 13.0. The van der Waals surface area contributed by atoms with Gasteiger partial charge in [0.15, 0.2) is 0 Å². The predicted octanol–water partition coefficient (Wildman–Crippen LogP) is 3.92. The Hall–Kier alpha value is -1.58. The topological polar surface area (TPSA) is 30.5 Å². The molecule has 2 aromatic carbocycles. The highest BCUT2D eigenvalue weighted by Gasteiger charge is 2.06. The van der Waals surface area contributed by atoms with E-state index < -0.39 is 0 Å². The lowest BCUT2D eigenvalue weighted by Gasteiger charge is -2.16. The van der Waals surface area contributed by atoms with Gasteiger partial charge >= 0.3 is 0 Å². The number of nitrogens with one attached hydrogen (secondary N) is 1. The lowest BCUT2D eigenvalue weighted by Crippen LogP contribution is -2.24. The Bertz CT molecular complexity index is 580. The fraction of sp³-hybridized carbons (Fsp3) is 0.444. The van der Waals surface area contributed by atoms with Gasteiger partial charge in [0.05, 0.1) is 19.8 Å². The molecule has 21 heavy (non-hydrogen) atoms. The van der Waals surface area contributed by atoms with Crippen LogP contribution in [0.25, 0.3) is 10.8 Å². The van der Waals surface area contributed by atoms with Crippen molar-refractivity contribution in [3.05, 3.63) is 42.0 Å². The van der Waals surface area contributed by atoms with Gasteiger partial charge in [0.1, 0.15) is 5.75 Å². The minimum absolute atomic E-state index is 0.290. The molecule has 0 amide bonds. The molecule has 0 aliphatic carbocycles. The monoisotopic (exact) mass is 287 g/mol. The molecule has 0 saturated carbocycles. The second-order valence-corrected chi connectivity index (χ2v) is 5.57. The van der Waals surface area contributed by atoms with Gasteiger partial charge in [-0.1, -0.05) is 18.2 Å². The van der Waals surface area contributed by atoms with Gasteiger partial charge in [-0.3, -0.25) is 0 Å². The fourth-order valence-electron chi connectivity index (χ4n) is 2.33. The van der Waals surface area contributed by atoms with Gasteiger partial charge in [0, 0.05) is 12.6 Å². The summed E-state index contributed by atoms with van der Waals surface area (Å²) in [5.41, 5.74) is 1.29. The maximum absolute atomic E-state index is 5.55. The molecule has 0 spiro atoms. The average Bonchev–Trinajstić information content (AvgIpc) is 2.50. The third kappa shape index (κ3) is 4.45. The molecule has 0 aliphatic rings. The van der Waals surface area contributed by atoms with Crippen LogP contribution in [0.15, 0.2) is 36.4 Å². The van der Waals surface area contributed by atoms with E-state index in [0.29, 0.717) is 6.04 Å². The molecular weight excluding hydrogens is 262 g/mol. The molecule has 0 radical (unpaired) electrons. The minimum Gasteiger partial charge on any atom is -0.497 e. The highest BCUT2D eigenvalue weighted by atomic mass is 16.5. The largest absolute Gasteiger partial charge is 0.497 e. The first-order chi connectivity index (χ1) is 10.1. The summed E-state index contributed by atoms with van der Waals surface area (Å²) in [5, 5.41) is 5.93. The van der Waals surface area contributed by atoms with E-state index in [1.165, 1.54) is 16.3 Å². The first-order valence-electron chi connectivity index (χ1n) is 7.53. The molecule has 0 saturated heterocycles. The summed E-state index contributed by atoms with van der Waals surface area (Å²) in [6.45, 7) is 7.90. The Labute approximate surface area is 127 Å². The normalized spacial score (nSPS) is 12.8. The van der Waals surface area contributed by atoms with Crippen molar-refractivity contribution in [3.8, 4) is 5.75 Å². The van der Waals surface area contributed by atoms with Crippen LogP contribution in [-0.4, -0.2) is 26.4 Å². The Morgan fingerprint density at radius 3 is 2.43 bits per heavy atom. The third-order valence-corrected chi connectivity index (χ3v) is 3.58. The quantitative estimate of drug-likeness (QED) is 0.783. The van der Waals surface area contributed by atoms with Gasteiger partial charge in [0.2, 0.25) is 0 Å².